The largest absolute Gasteiger partial charge is 0.207 e. The van der Waals surface area contributed by atoms with Crippen molar-refractivity contribution >= 4 is 0 Å². The quantitative estimate of drug-likeness (QED) is 0.580. The van der Waals surface area contributed by atoms with Gasteiger partial charge in [0.15, 0.2) is 0 Å². The molecule has 2 fully saturated rings. The van der Waals surface area contributed by atoms with E-state index in [0.29, 0.717) is 5.92 Å². The summed E-state index contributed by atoms with van der Waals surface area (Å²) in [6.07, 6.45) is 13.7. The molecule has 0 aromatic heterocycles. The van der Waals surface area contributed by atoms with Crippen LogP contribution in [0.3, 0.4) is 0 Å². The Bertz CT molecular complexity index is 451. The van der Waals surface area contributed by atoms with Gasteiger partial charge in [-0.1, -0.05) is 50.8 Å². The molecule has 0 saturated heterocycles. The summed E-state index contributed by atoms with van der Waals surface area (Å²) in [6.45, 7) is 2.32. The van der Waals surface area contributed by atoms with Crippen molar-refractivity contribution in [3.63, 3.8) is 0 Å². The Labute approximate surface area is 135 Å². The molecule has 0 spiro atoms. The minimum absolute atomic E-state index is 0.00558. The molecular formula is C21H31F. The Morgan fingerprint density at radius 3 is 2.05 bits per heavy atom. The summed E-state index contributed by atoms with van der Waals surface area (Å²) in [6, 6.07) is 7.41. The second-order valence-corrected chi connectivity index (χ2v) is 7.70. The van der Waals surface area contributed by atoms with Crippen molar-refractivity contribution in [2.45, 2.75) is 77.0 Å². The molecule has 0 aliphatic heterocycles. The van der Waals surface area contributed by atoms with Gasteiger partial charge in [-0.05, 0) is 73.8 Å². The highest BCUT2D eigenvalue weighted by Gasteiger charge is 2.31. The minimum atomic E-state index is 0.00558. The molecule has 122 valence electrons. The van der Waals surface area contributed by atoms with Crippen molar-refractivity contribution in [1.82, 2.24) is 0 Å². The summed E-state index contributed by atoms with van der Waals surface area (Å²) < 4.78 is 13.9. The molecule has 0 unspecified atom stereocenters. The first-order valence-electron chi connectivity index (χ1n) is 9.52. The fraction of sp³-hybridized carbons (Fsp3) is 0.714. The summed E-state index contributed by atoms with van der Waals surface area (Å²) in [5, 5.41) is 0. The monoisotopic (exact) mass is 302 g/mol. The minimum Gasteiger partial charge on any atom is -0.207 e. The van der Waals surface area contributed by atoms with Crippen molar-refractivity contribution in [2.75, 3.05) is 0 Å². The summed E-state index contributed by atoms with van der Waals surface area (Å²) >= 11 is 0. The number of rotatable bonds is 4. The molecule has 1 aromatic rings. The van der Waals surface area contributed by atoms with Crippen LogP contribution in [0.25, 0.3) is 0 Å². The molecule has 2 aliphatic rings. The van der Waals surface area contributed by atoms with Gasteiger partial charge in [-0.15, -0.1) is 0 Å². The lowest BCUT2D eigenvalue weighted by molar-refractivity contribution is 0.156. The van der Waals surface area contributed by atoms with Crippen LogP contribution in [0.15, 0.2) is 24.3 Å². The average Bonchev–Trinajstić information content (AvgIpc) is 2.57. The number of hydrogen-bond donors (Lipinski definition) is 0. The topological polar surface area (TPSA) is 0 Å². The number of benzene rings is 1. The lowest BCUT2D eigenvalue weighted by Crippen LogP contribution is -2.25. The predicted molar refractivity (Wildman–Crippen MR) is 91.5 cm³/mol. The normalized spacial score (nSPS) is 32.8. The highest BCUT2D eigenvalue weighted by atomic mass is 19.1. The van der Waals surface area contributed by atoms with Crippen LogP contribution in [0, 0.1) is 23.6 Å². The Balaban J connectivity index is 1.49. The third kappa shape index (κ3) is 3.73. The van der Waals surface area contributed by atoms with E-state index in [9.17, 15) is 4.39 Å². The zero-order valence-corrected chi connectivity index (χ0v) is 14.1. The van der Waals surface area contributed by atoms with Crippen LogP contribution in [-0.4, -0.2) is 0 Å². The van der Waals surface area contributed by atoms with E-state index in [0.717, 1.165) is 23.3 Å². The average molecular weight is 302 g/mol. The Kier molecular flexibility index (Phi) is 5.55. The molecule has 1 heteroatoms. The molecule has 0 atom stereocenters. The van der Waals surface area contributed by atoms with E-state index in [1.54, 1.807) is 12.1 Å². The molecule has 2 aliphatic carbocycles. The second kappa shape index (κ2) is 7.62. The van der Waals surface area contributed by atoms with Gasteiger partial charge in [0.05, 0.1) is 0 Å². The van der Waals surface area contributed by atoms with Crippen molar-refractivity contribution < 1.29 is 4.39 Å². The zero-order chi connectivity index (χ0) is 15.4. The van der Waals surface area contributed by atoms with Gasteiger partial charge in [0.1, 0.15) is 5.82 Å². The van der Waals surface area contributed by atoms with Crippen LogP contribution in [0.2, 0.25) is 0 Å². The molecule has 0 nitrogen and oxygen atoms in total. The Morgan fingerprint density at radius 2 is 1.45 bits per heavy atom. The van der Waals surface area contributed by atoms with E-state index in [4.69, 9.17) is 0 Å². The van der Waals surface area contributed by atoms with Gasteiger partial charge in [0, 0.05) is 0 Å². The summed E-state index contributed by atoms with van der Waals surface area (Å²) in [5.41, 5.74) is 0.965. The van der Waals surface area contributed by atoms with E-state index < -0.39 is 0 Å². The molecule has 0 N–H and O–H groups in total. The maximum absolute atomic E-state index is 13.9. The second-order valence-electron chi connectivity index (χ2n) is 7.70. The van der Waals surface area contributed by atoms with Crippen LogP contribution >= 0.6 is 0 Å². The Hall–Kier alpha value is -0.850. The molecular weight excluding hydrogens is 271 g/mol. The molecule has 1 aromatic carbocycles. The molecule has 0 bridgehead atoms. The van der Waals surface area contributed by atoms with Gasteiger partial charge in [-0.25, -0.2) is 4.39 Å². The maximum atomic E-state index is 13.9. The predicted octanol–water partition coefficient (Wildman–Crippen LogP) is 6.71. The SMILES string of the molecule is CCCC1CCC(C2CCC(c3ccccc3F)CC2)CC1. The highest BCUT2D eigenvalue weighted by molar-refractivity contribution is 5.22. The van der Waals surface area contributed by atoms with E-state index in [1.807, 2.05) is 12.1 Å². The Morgan fingerprint density at radius 1 is 0.864 bits per heavy atom. The van der Waals surface area contributed by atoms with Crippen LogP contribution < -0.4 is 0 Å². The third-order valence-corrected chi connectivity index (χ3v) is 6.37. The van der Waals surface area contributed by atoms with Gasteiger partial charge < -0.3 is 0 Å². The van der Waals surface area contributed by atoms with E-state index in [2.05, 4.69) is 6.92 Å². The van der Waals surface area contributed by atoms with Crippen LogP contribution in [-0.2, 0) is 0 Å². The van der Waals surface area contributed by atoms with Crippen LogP contribution in [0.5, 0.6) is 0 Å². The van der Waals surface area contributed by atoms with Crippen molar-refractivity contribution in [3.8, 4) is 0 Å². The molecule has 0 amide bonds. The molecule has 0 heterocycles. The number of hydrogen-bond acceptors (Lipinski definition) is 0. The fourth-order valence-electron chi connectivity index (χ4n) is 5.06. The van der Waals surface area contributed by atoms with Gasteiger partial charge in [0.25, 0.3) is 0 Å². The van der Waals surface area contributed by atoms with Crippen molar-refractivity contribution in [2.24, 2.45) is 17.8 Å². The van der Waals surface area contributed by atoms with Gasteiger partial charge in [-0.3, -0.25) is 0 Å². The first-order valence-corrected chi connectivity index (χ1v) is 9.52. The lowest BCUT2D eigenvalue weighted by atomic mass is 9.68. The van der Waals surface area contributed by atoms with E-state index >= 15 is 0 Å². The molecule has 2 saturated carbocycles. The molecule has 3 rings (SSSR count). The van der Waals surface area contributed by atoms with Gasteiger partial charge in [-0.2, -0.15) is 0 Å². The first-order chi connectivity index (χ1) is 10.8. The van der Waals surface area contributed by atoms with Gasteiger partial charge in [0.2, 0.25) is 0 Å². The van der Waals surface area contributed by atoms with Crippen molar-refractivity contribution in [1.29, 1.82) is 0 Å². The summed E-state index contributed by atoms with van der Waals surface area (Å²) in [5.74, 6) is 3.37. The molecule has 22 heavy (non-hydrogen) atoms. The van der Waals surface area contributed by atoms with Crippen molar-refractivity contribution in [3.05, 3.63) is 35.6 Å². The summed E-state index contributed by atoms with van der Waals surface area (Å²) in [7, 11) is 0. The van der Waals surface area contributed by atoms with E-state index in [1.165, 1.54) is 64.2 Å². The third-order valence-electron chi connectivity index (χ3n) is 6.37. The standard InChI is InChI=1S/C21H31F/c1-2-5-16-8-10-17(11-9-16)18-12-14-19(15-13-18)20-6-3-4-7-21(20)22/h3-4,6-7,16-19H,2,5,8-15H2,1H3. The van der Waals surface area contributed by atoms with Gasteiger partial charge >= 0.3 is 0 Å². The molecule has 0 radical (unpaired) electrons. The highest BCUT2D eigenvalue weighted by Crippen LogP contribution is 2.44. The first kappa shape index (κ1) is 16.0. The van der Waals surface area contributed by atoms with Crippen LogP contribution in [0.1, 0.15) is 82.6 Å². The van der Waals surface area contributed by atoms with E-state index in [-0.39, 0.29) is 5.82 Å². The zero-order valence-electron chi connectivity index (χ0n) is 14.1. The lowest BCUT2D eigenvalue weighted by Gasteiger charge is -2.38. The maximum Gasteiger partial charge on any atom is 0.126 e. The summed E-state index contributed by atoms with van der Waals surface area (Å²) in [4.78, 5) is 0. The smallest absolute Gasteiger partial charge is 0.126 e. The number of halogens is 1. The van der Waals surface area contributed by atoms with Crippen LogP contribution in [0.4, 0.5) is 4.39 Å². The fourth-order valence-corrected chi connectivity index (χ4v) is 5.06.